The first-order chi connectivity index (χ1) is 12.1. The van der Waals surface area contributed by atoms with Crippen molar-refractivity contribution in [3.8, 4) is 11.1 Å². The number of carbonyl (C=O) groups excluding carboxylic acids is 1. The highest BCUT2D eigenvalue weighted by atomic mass is 16.5. The number of hydrogen-bond donors (Lipinski definition) is 2. The molecule has 2 aromatic rings. The third-order valence-electron chi connectivity index (χ3n) is 4.56. The molecule has 0 amide bonds. The molecule has 130 valence electrons. The Hall–Kier alpha value is -2.66. The summed E-state index contributed by atoms with van der Waals surface area (Å²) in [5.41, 5.74) is 10.5. The van der Waals surface area contributed by atoms with Crippen molar-refractivity contribution in [2.75, 3.05) is 6.61 Å². The fourth-order valence-corrected chi connectivity index (χ4v) is 3.30. The number of fused-ring (bicyclic) bond motifs is 3. The molecule has 0 saturated heterocycles. The quantitative estimate of drug-likeness (QED) is 0.757. The average molecular weight is 339 g/mol. The third kappa shape index (κ3) is 3.72. The predicted molar refractivity (Wildman–Crippen MR) is 94.1 cm³/mol. The highest BCUT2D eigenvalue weighted by molar-refractivity contribution is 5.79. The van der Waals surface area contributed by atoms with Crippen LogP contribution in [-0.4, -0.2) is 29.7 Å². The number of esters is 1. The van der Waals surface area contributed by atoms with E-state index in [-0.39, 0.29) is 18.9 Å². The first-order valence-corrected chi connectivity index (χ1v) is 8.40. The Morgan fingerprint density at radius 3 is 2.16 bits per heavy atom. The molecule has 0 aliphatic heterocycles. The lowest BCUT2D eigenvalue weighted by Crippen LogP contribution is -2.33. The molecule has 0 aromatic heterocycles. The fraction of sp³-hybridized carbons (Fsp3) is 0.300. The molecule has 0 spiro atoms. The summed E-state index contributed by atoms with van der Waals surface area (Å²) >= 11 is 0. The molecule has 5 nitrogen and oxygen atoms in total. The van der Waals surface area contributed by atoms with Gasteiger partial charge in [0, 0.05) is 12.3 Å². The Morgan fingerprint density at radius 2 is 1.60 bits per heavy atom. The van der Waals surface area contributed by atoms with Gasteiger partial charge in [0.05, 0.1) is 0 Å². The summed E-state index contributed by atoms with van der Waals surface area (Å²) in [6.45, 7) is 0.236. The molecule has 0 bridgehead atoms. The largest absolute Gasteiger partial charge is 0.481 e. The van der Waals surface area contributed by atoms with Crippen molar-refractivity contribution < 1.29 is 19.4 Å². The van der Waals surface area contributed by atoms with Gasteiger partial charge in [-0.05, 0) is 35.1 Å². The van der Waals surface area contributed by atoms with Gasteiger partial charge in [-0.3, -0.25) is 9.59 Å². The summed E-state index contributed by atoms with van der Waals surface area (Å²) in [4.78, 5) is 22.6. The molecule has 3 N–H and O–H groups in total. The van der Waals surface area contributed by atoms with Crippen LogP contribution in [0.3, 0.4) is 0 Å². The minimum absolute atomic E-state index is 0.00238. The molecule has 3 rings (SSSR count). The predicted octanol–water partition coefficient (Wildman–Crippen LogP) is 2.92. The maximum atomic E-state index is 12.1. The van der Waals surface area contributed by atoms with E-state index < -0.39 is 18.0 Å². The lowest BCUT2D eigenvalue weighted by molar-refractivity contribution is -0.146. The topological polar surface area (TPSA) is 89.6 Å². The van der Waals surface area contributed by atoms with E-state index in [1.165, 1.54) is 11.1 Å². The van der Waals surface area contributed by atoms with Gasteiger partial charge in [0.1, 0.15) is 12.6 Å². The van der Waals surface area contributed by atoms with Crippen LogP contribution in [0.5, 0.6) is 0 Å². The highest BCUT2D eigenvalue weighted by Crippen LogP contribution is 2.44. The number of aliphatic carboxylic acids is 1. The zero-order valence-corrected chi connectivity index (χ0v) is 13.9. The Morgan fingerprint density at radius 1 is 1.04 bits per heavy atom. The zero-order valence-electron chi connectivity index (χ0n) is 13.9. The van der Waals surface area contributed by atoms with Crippen LogP contribution in [0.4, 0.5) is 0 Å². The highest BCUT2D eigenvalue weighted by Gasteiger charge is 2.29. The van der Waals surface area contributed by atoms with Crippen molar-refractivity contribution in [1.29, 1.82) is 0 Å². The number of carboxylic acids is 1. The van der Waals surface area contributed by atoms with Gasteiger partial charge >= 0.3 is 11.9 Å². The molecular formula is C20H21NO4. The van der Waals surface area contributed by atoms with E-state index in [0.717, 1.165) is 11.1 Å². The minimum Gasteiger partial charge on any atom is -0.481 e. The number of benzene rings is 2. The maximum Gasteiger partial charge on any atom is 0.322 e. The van der Waals surface area contributed by atoms with E-state index in [0.29, 0.717) is 12.8 Å². The SMILES string of the molecule is N[C@H](CCCC(=O)O)C(=O)OCC1c2ccccc2-c2ccccc21. The summed E-state index contributed by atoms with van der Waals surface area (Å²) in [7, 11) is 0. The molecule has 2 aromatic carbocycles. The van der Waals surface area contributed by atoms with Crippen LogP contribution < -0.4 is 5.73 Å². The summed E-state index contributed by atoms with van der Waals surface area (Å²) in [6, 6.07) is 15.5. The summed E-state index contributed by atoms with van der Waals surface area (Å²) in [6.07, 6.45) is 0.675. The Balaban J connectivity index is 1.65. The first-order valence-electron chi connectivity index (χ1n) is 8.40. The smallest absolute Gasteiger partial charge is 0.322 e. The van der Waals surface area contributed by atoms with Crippen molar-refractivity contribution >= 4 is 11.9 Å². The van der Waals surface area contributed by atoms with Gasteiger partial charge in [-0.15, -0.1) is 0 Å². The lowest BCUT2D eigenvalue weighted by Gasteiger charge is -2.16. The molecular weight excluding hydrogens is 318 g/mol. The van der Waals surface area contributed by atoms with E-state index in [9.17, 15) is 9.59 Å². The molecule has 5 heteroatoms. The van der Waals surface area contributed by atoms with E-state index in [2.05, 4.69) is 24.3 Å². The number of carboxylic acid groups (broad SMARTS) is 1. The van der Waals surface area contributed by atoms with Crippen molar-refractivity contribution in [1.82, 2.24) is 0 Å². The number of hydrogen-bond acceptors (Lipinski definition) is 4. The van der Waals surface area contributed by atoms with Crippen LogP contribution >= 0.6 is 0 Å². The number of rotatable bonds is 7. The third-order valence-corrected chi connectivity index (χ3v) is 4.56. The summed E-state index contributed by atoms with van der Waals surface area (Å²) in [5.74, 6) is -1.37. The fourth-order valence-electron chi connectivity index (χ4n) is 3.30. The molecule has 1 atom stereocenters. The van der Waals surface area contributed by atoms with Gasteiger partial charge in [0.2, 0.25) is 0 Å². The van der Waals surface area contributed by atoms with Crippen molar-refractivity contribution in [3.05, 3.63) is 59.7 Å². The van der Waals surface area contributed by atoms with Gasteiger partial charge in [-0.1, -0.05) is 48.5 Å². The minimum atomic E-state index is -0.889. The maximum absolute atomic E-state index is 12.1. The van der Waals surface area contributed by atoms with Crippen molar-refractivity contribution in [2.45, 2.75) is 31.2 Å². The van der Waals surface area contributed by atoms with Gasteiger partial charge < -0.3 is 15.6 Å². The zero-order chi connectivity index (χ0) is 17.8. The number of ether oxygens (including phenoxy) is 1. The van der Waals surface area contributed by atoms with Gasteiger partial charge in [0.25, 0.3) is 0 Å². The molecule has 25 heavy (non-hydrogen) atoms. The standard InChI is InChI=1S/C20H21NO4/c21-18(10-5-11-19(22)23)20(24)25-12-17-15-8-3-1-6-13(15)14-7-2-4-9-16(14)17/h1-4,6-9,17-18H,5,10-12,21H2,(H,22,23)/t18-/m1/s1. The summed E-state index contributed by atoms with van der Waals surface area (Å²) < 4.78 is 5.45. The van der Waals surface area contributed by atoms with Crippen LogP contribution in [-0.2, 0) is 14.3 Å². The second-order valence-corrected chi connectivity index (χ2v) is 6.25. The second-order valence-electron chi connectivity index (χ2n) is 6.25. The molecule has 0 saturated carbocycles. The molecule has 0 unspecified atom stereocenters. The van der Waals surface area contributed by atoms with Crippen LogP contribution in [0, 0.1) is 0 Å². The van der Waals surface area contributed by atoms with E-state index in [1.807, 2.05) is 24.3 Å². The Labute approximate surface area is 146 Å². The second kappa shape index (κ2) is 7.49. The monoisotopic (exact) mass is 339 g/mol. The first kappa shape index (κ1) is 17.2. The van der Waals surface area contributed by atoms with Crippen molar-refractivity contribution in [2.24, 2.45) is 5.73 Å². The van der Waals surface area contributed by atoms with Crippen LogP contribution in [0.2, 0.25) is 0 Å². The van der Waals surface area contributed by atoms with Crippen LogP contribution in [0.25, 0.3) is 11.1 Å². The van der Waals surface area contributed by atoms with Crippen molar-refractivity contribution in [3.63, 3.8) is 0 Å². The number of nitrogens with two attached hydrogens (primary N) is 1. The normalized spacial score (nSPS) is 13.8. The Kier molecular flexibility index (Phi) is 5.14. The average Bonchev–Trinajstić information content (AvgIpc) is 2.93. The van der Waals surface area contributed by atoms with E-state index in [4.69, 9.17) is 15.6 Å². The van der Waals surface area contributed by atoms with Crippen LogP contribution in [0.15, 0.2) is 48.5 Å². The molecule has 1 aliphatic rings. The molecule has 0 radical (unpaired) electrons. The molecule has 1 aliphatic carbocycles. The van der Waals surface area contributed by atoms with Crippen LogP contribution in [0.1, 0.15) is 36.3 Å². The molecule has 0 fully saturated rings. The van der Waals surface area contributed by atoms with E-state index >= 15 is 0 Å². The van der Waals surface area contributed by atoms with Gasteiger partial charge in [-0.25, -0.2) is 0 Å². The van der Waals surface area contributed by atoms with E-state index in [1.54, 1.807) is 0 Å². The lowest BCUT2D eigenvalue weighted by atomic mass is 9.98. The van der Waals surface area contributed by atoms with Gasteiger partial charge in [0.15, 0.2) is 0 Å². The van der Waals surface area contributed by atoms with Gasteiger partial charge in [-0.2, -0.15) is 0 Å². The molecule has 0 heterocycles. The number of carbonyl (C=O) groups is 2. The Bertz CT molecular complexity index is 741. The summed E-state index contributed by atoms with van der Waals surface area (Å²) in [5, 5.41) is 8.64.